The first-order valence-corrected chi connectivity index (χ1v) is 9.49. The van der Waals surface area contributed by atoms with Gasteiger partial charge < -0.3 is 9.47 Å². The molecule has 1 unspecified atom stereocenters. The molecule has 0 aliphatic carbocycles. The number of fused-ring (bicyclic) bond motifs is 1. The van der Waals surface area contributed by atoms with Crippen molar-refractivity contribution in [2.24, 2.45) is 0 Å². The highest BCUT2D eigenvalue weighted by Crippen LogP contribution is 2.34. The fraction of sp³-hybridized carbons (Fsp3) is 0.333. The zero-order valence-electron chi connectivity index (χ0n) is 13.8. The molecule has 1 aliphatic heterocycles. The number of benzene rings is 1. The fourth-order valence-corrected chi connectivity index (χ4v) is 3.83. The number of nitrogens with zero attached hydrogens (tertiary/aromatic N) is 3. The summed E-state index contributed by atoms with van der Waals surface area (Å²) in [6.45, 7) is 3.49. The Hall–Kier alpha value is -2.05. The second-order valence-electron chi connectivity index (χ2n) is 6.03. The highest BCUT2D eigenvalue weighted by molar-refractivity contribution is 7.09. The Morgan fingerprint density at radius 1 is 1.28 bits per heavy atom. The molecule has 0 saturated carbocycles. The van der Waals surface area contributed by atoms with Gasteiger partial charge in [0, 0.05) is 30.0 Å². The highest BCUT2D eigenvalue weighted by atomic mass is 35.5. The molecule has 7 heteroatoms. The molecule has 2 aromatic heterocycles. The van der Waals surface area contributed by atoms with Crippen LogP contribution in [0.3, 0.4) is 0 Å². The quantitative estimate of drug-likeness (QED) is 0.667. The van der Waals surface area contributed by atoms with Crippen molar-refractivity contribution in [3.05, 3.63) is 46.0 Å². The summed E-state index contributed by atoms with van der Waals surface area (Å²) >= 11 is 7.60. The van der Waals surface area contributed by atoms with Gasteiger partial charge >= 0.3 is 0 Å². The molecule has 0 spiro atoms. The molecule has 1 aliphatic rings. The van der Waals surface area contributed by atoms with E-state index in [0.717, 1.165) is 40.6 Å². The molecular formula is C18H18ClN3O2S. The van der Waals surface area contributed by atoms with E-state index in [0.29, 0.717) is 18.2 Å². The van der Waals surface area contributed by atoms with Crippen molar-refractivity contribution in [1.82, 2.24) is 14.8 Å². The van der Waals surface area contributed by atoms with Crippen LogP contribution in [0.1, 0.15) is 24.4 Å². The zero-order chi connectivity index (χ0) is 17.2. The number of halogens is 1. The van der Waals surface area contributed by atoms with Gasteiger partial charge in [-0.05, 0) is 25.1 Å². The van der Waals surface area contributed by atoms with E-state index in [4.69, 9.17) is 26.1 Å². The summed E-state index contributed by atoms with van der Waals surface area (Å²) in [5.41, 5.74) is 2.00. The summed E-state index contributed by atoms with van der Waals surface area (Å²) in [5.74, 6) is 1.60. The molecule has 0 bridgehead atoms. The molecule has 3 heterocycles. The molecule has 130 valence electrons. The molecular weight excluding hydrogens is 358 g/mol. The third-order valence-corrected chi connectivity index (χ3v) is 5.15. The van der Waals surface area contributed by atoms with Crippen LogP contribution >= 0.6 is 22.9 Å². The lowest BCUT2D eigenvalue weighted by molar-refractivity contribution is 0.297. The first-order valence-electron chi connectivity index (χ1n) is 8.23. The molecule has 0 saturated heterocycles. The molecule has 25 heavy (non-hydrogen) atoms. The monoisotopic (exact) mass is 375 g/mol. The number of rotatable bonds is 4. The van der Waals surface area contributed by atoms with Crippen molar-refractivity contribution < 1.29 is 9.47 Å². The molecule has 0 N–H and O–H groups in total. The lowest BCUT2D eigenvalue weighted by Gasteiger charge is -2.10. The summed E-state index contributed by atoms with van der Waals surface area (Å²) in [4.78, 5) is 4.77. The fourth-order valence-electron chi connectivity index (χ4n) is 2.76. The van der Waals surface area contributed by atoms with E-state index in [1.165, 1.54) is 0 Å². The second-order valence-corrected chi connectivity index (χ2v) is 7.41. The van der Waals surface area contributed by atoms with Gasteiger partial charge in [-0.2, -0.15) is 5.10 Å². The first kappa shape index (κ1) is 16.4. The number of hydrogen-bond donors (Lipinski definition) is 0. The van der Waals surface area contributed by atoms with Crippen LogP contribution in [0, 0.1) is 0 Å². The van der Waals surface area contributed by atoms with Crippen molar-refractivity contribution in [2.45, 2.75) is 25.8 Å². The predicted octanol–water partition coefficient (Wildman–Crippen LogP) is 4.63. The molecule has 3 aromatic rings. The lowest BCUT2D eigenvalue weighted by atomic mass is 10.1. The Labute approximate surface area is 155 Å². The van der Waals surface area contributed by atoms with Gasteiger partial charge in [-0.3, -0.25) is 4.68 Å². The highest BCUT2D eigenvalue weighted by Gasteiger charge is 2.14. The van der Waals surface area contributed by atoms with Gasteiger partial charge in [0.2, 0.25) is 0 Å². The molecule has 0 radical (unpaired) electrons. The topological polar surface area (TPSA) is 49.2 Å². The third kappa shape index (κ3) is 3.65. The van der Waals surface area contributed by atoms with Gasteiger partial charge in [0.05, 0.1) is 41.2 Å². The Morgan fingerprint density at radius 3 is 2.92 bits per heavy atom. The van der Waals surface area contributed by atoms with Gasteiger partial charge in [0.15, 0.2) is 11.5 Å². The Balaban J connectivity index is 1.52. The average molecular weight is 376 g/mol. The Bertz CT molecular complexity index is 877. The van der Waals surface area contributed by atoms with Crippen LogP contribution in [-0.4, -0.2) is 28.0 Å². The summed E-state index contributed by atoms with van der Waals surface area (Å²) in [5, 5.41) is 8.07. The van der Waals surface area contributed by atoms with E-state index in [1.807, 2.05) is 29.1 Å². The average Bonchev–Trinajstić information content (AvgIpc) is 3.18. The summed E-state index contributed by atoms with van der Waals surface area (Å²) in [6.07, 6.45) is 5.21. The second kappa shape index (κ2) is 7.06. The van der Waals surface area contributed by atoms with Gasteiger partial charge in [0.1, 0.15) is 0 Å². The molecule has 4 rings (SSSR count). The third-order valence-electron chi connectivity index (χ3n) is 4.09. The van der Waals surface area contributed by atoms with Crippen LogP contribution in [0.25, 0.3) is 11.3 Å². The van der Waals surface area contributed by atoms with Gasteiger partial charge in [-0.1, -0.05) is 11.6 Å². The number of hydrogen-bond acceptors (Lipinski definition) is 5. The van der Waals surface area contributed by atoms with Gasteiger partial charge in [-0.25, -0.2) is 4.98 Å². The van der Waals surface area contributed by atoms with E-state index < -0.39 is 0 Å². The van der Waals surface area contributed by atoms with Crippen LogP contribution < -0.4 is 9.47 Å². The van der Waals surface area contributed by atoms with E-state index in [2.05, 4.69) is 17.4 Å². The van der Waals surface area contributed by atoms with E-state index in [9.17, 15) is 0 Å². The molecule has 0 fully saturated rings. The first-order chi connectivity index (χ1) is 12.2. The van der Waals surface area contributed by atoms with E-state index in [1.54, 1.807) is 17.5 Å². The number of aromatic nitrogens is 3. The number of thiazole rings is 1. The maximum atomic E-state index is 5.94. The minimum atomic E-state index is 0.204. The van der Waals surface area contributed by atoms with Crippen LogP contribution in [0.15, 0.2) is 36.0 Å². The van der Waals surface area contributed by atoms with Crippen molar-refractivity contribution >= 4 is 22.9 Å². The van der Waals surface area contributed by atoms with Crippen LogP contribution in [0.4, 0.5) is 0 Å². The molecule has 1 atom stereocenters. The molecule has 5 nitrogen and oxygen atoms in total. The van der Waals surface area contributed by atoms with Crippen LogP contribution in [0.5, 0.6) is 11.5 Å². The molecule has 1 aromatic carbocycles. The van der Waals surface area contributed by atoms with Crippen molar-refractivity contribution in [3.8, 4) is 22.8 Å². The Morgan fingerprint density at radius 2 is 2.12 bits per heavy atom. The van der Waals surface area contributed by atoms with Crippen molar-refractivity contribution in [2.75, 3.05) is 13.2 Å². The smallest absolute Gasteiger partial charge is 0.161 e. The predicted molar refractivity (Wildman–Crippen MR) is 98.8 cm³/mol. The van der Waals surface area contributed by atoms with E-state index >= 15 is 0 Å². The SMILES string of the molecule is CC(Cc1nc(-c2ccc3c(c2)OCCCO3)cs1)n1cc(Cl)cn1. The maximum Gasteiger partial charge on any atom is 0.161 e. The zero-order valence-corrected chi connectivity index (χ0v) is 15.4. The van der Waals surface area contributed by atoms with Gasteiger partial charge in [-0.15, -0.1) is 11.3 Å². The summed E-state index contributed by atoms with van der Waals surface area (Å²) in [6, 6.07) is 6.21. The minimum Gasteiger partial charge on any atom is -0.490 e. The van der Waals surface area contributed by atoms with Crippen LogP contribution in [0.2, 0.25) is 5.02 Å². The van der Waals surface area contributed by atoms with E-state index in [-0.39, 0.29) is 6.04 Å². The standard InChI is InChI=1S/C18H18ClN3O2S/c1-12(22-10-14(19)9-20-22)7-18-21-15(11-25-18)13-3-4-16-17(8-13)24-6-2-5-23-16/h3-4,8-12H,2,5-7H2,1H3. The van der Waals surface area contributed by atoms with Gasteiger partial charge in [0.25, 0.3) is 0 Å². The number of ether oxygens (including phenoxy) is 2. The van der Waals surface area contributed by atoms with Crippen LogP contribution in [-0.2, 0) is 6.42 Å². The summed E-state index contributed by atoms with van der Waals surface area (Å²) < 4.78 is 13.3. The maximum absolute atomic E-state index is 5.94. The minimum absolute atomic E-state index is 0.204. The normalized spacial score (nSPS) is 15.0. The largest absolute Gasteiger partial charge is 0.490 e. The Kier molecular flexibility index (Phi) is 4.63. The summed E-state index contributed by atoms with van der Waals surface area (Å²) in [7, 11) is 0. The lowest BCUT2D eigenvalue weighted by Crippen LogP contribution is -2.08. The molecule has 0 amide bonds. The van der Waals surface area contributed by atoms with Crippen molar-refractivity contribution in [3.63, 3.8) is 0 Å². The van der Waals surface area contributed by atoms with Crippen molar-refractivity contribution in [1.29, 1.82) is 0 Å².